The summed E-state index contributed by atoms with van der Waals surface area (Å²) in [6.07, 6.45) is 1.37. The maximum atomic E-state index is 12.3. The van der Waals surface area contributed by atoms with Gasteiger partial charge in [0, 0.05) is 16.1 Å². The van der Waals surface area contributed by atoms with E-state index < -0.39 is 11.9 Å². The Morgan fingerprint density at radius 1 is 0.966 bits per heavy atom. The van der Waals surface area contributed by atoms with Crippen LogP contribution >= 0.6 is 11.6 Å². The molecule has 5 nitrogen and oxygen atoms in total. The van der Waals surface area contributed by atoms with Crippen molar-refractivity contribution in [3.8, 4) is 5.75 Å². The maximum Gasteiger partial charge on any atom is 0.352 e. The zero-order chi connectivity index (χ0) is 20.6. The minimum atomic E-state index is -1.25. The van der Waals surface area contributed by atoms with Crippen LogP contribution in [-0.4, -0.2) is 17.0 Å². The van der Waals surface area contributed by atoms with Gasteiger partial charge < -0.3 is 15.2 Å². The first kappa shape index (κ1) is 20.2. The number of carboxylic acids is 1. The first-order valence-corrected chi connectivity index (χ1v) is 9.18. The van der Waals surface area contributed by atoms with Crippen LogP contribution in [0.1, 0.15) is 21.5 Å². The van der Waals surface area contributed by atoms with Gasteiger partial charge in [0.25, 0.3) is 5.91 Å². The summed E-state index contributed by atoms with van der Waals surface area (Å²) in [5.74, 6) is -1.27. The maximum absolute atomic E-state index is 12.3. The number of para-hydroxylation sites is 1. The lowest BCUT2D eigenvalue weighted by Gasteiger charge is -2.11. The average Bonchev–Trinajstić information content (AvgIpc) is 2.73. The number of benzene rings is 3. The molecule has 0 heterocycles. The van der Waals surface area contributed by atoms with Crippen molar-refractivity contribution >= 4 is 29.6 Å². The highest BCUT2D eigenvalue weighted by atomic mass is 35.5. The molecule has 146 valence electrons. The van der Waals surface area contributed by atoms with Crippen molar-refractivity contribution in [1.82, 2.24) is 5.32 Å². The summed E-state index contributed by atoms with van der Waals surface area (Å²) < 4.78 is 5.84. The Morgan fingerprint density at radius 2 is 1.69 bits per heavy atom. The third kappa shape index (κ3) is 5.70. The van der Waals surface area contributed by atoms with Crippen LogP contribution in [0.25, 0.3) is 6.08 Å². The van der Waals surface area contributed by atoms with Crippen molar-refractivity contribution in [1.29, 1.82) is 0 Å². The normalized spacial score (nSPS) is 11.0. The van der Waals surface area contributed by atoms with Gasteiger partial charge in [0.05, 0.1) is 0 Å². The number of nitrogens with one attached hydrogen (secondary N) is 1. The molecule has 0 saturated heterocycles. The van der Waals surface area contributed by atoms with E-state index in [9.17, 15) is 14.7 Å². The van der Waals surface area contributed by atoms with E-state index >= 15 is 0 Å². The summed E-state index contributed by atoms with van der Waals surface area (Å²) in [6.45, 7) is 0.268. The van der Waals surface area contributed by atoms with E-state index in [1.54, 1.807) is 66.7 Å². The Labute approximate surface area is 173 Å². The summed E-state index contributed by atoms with van der Waals surface area (Å²) in [5.41, 5.74) is 1.52. The lowest BCUT2D eigenvalue weighted by molar-refractivity contribution is -0.132. The monoisotopic (exact) mass is 407 g/mol. The smallest absolute Gasteiger partial charge is 0.352 e. The molecule has 0 saturated carbocycles. The molecule has 0 aromatic heterocycles. The van der Waals surface area contributed by atoms with Crippen molar-refractivity contribution in [2.24, 2.45) is 0 Å². The molecule has 0 radical (unpaired) electrons. The Bertz CT molecular complexity index is 1050. The number of rotatable bonds is 7. The predicted molar refractivity (Wildman–Crippen MR) is 112 cm³/mol. The number of carboxylic acid groups (broad SMARTS) is 1. The van der Waals surface area contributed by atoms with E-state index in [-0.39, 0.29) is 12.3 Å². The van der Waals surface area contributed by atoms with Gasteiger partial charge >= 0.3 is 5.97 Å². The van der Waals surface area contributed by atoms with E-state index in [0.717, 1.165) is 5.56 Å². The highest BCUT2D eigenvalue weighted by Crippen LogP contribution is 2.22. The van der Waals surface area contributed by atoms with Crippen molar-refractivity contribution < 1.29 is 19.4 Å². The van der Waals surface area contributed by atoms with Crippen LogP contribution in [0.4, 0.5) is 0 Å². The quantitative estimate of drug-likeness (QED) is 0.553. The molecule has 0 aliphatic rings. The van der Waals surface area contributed by atoms with Crippen molar-refractivity contribution in [3.05, 3.63) is 106 Å². The van der Waals surface area contributed by atoms with Crippen LogP contribution in [0, 0.1) is 0 Å². The van der Waals surface area contributed by atoms with Gasteiger partial charge in [-0.25, -0.2) is 4.79 Å². The largest absolute Gasteiger partial charge is 0.488 e. The van der Waals surface area contributed by atoms with Crippen LogP contribution in [0.15, 0.2) is 84.6 Å². The topological polar surface area (TPSA) is 75.6 Å². The van der Waals surface area contributed by atoms with E-state index in [4.69, 9.17) is 16.3 Å². The van der Waals surface area contributed by atoms with Crippen LogP contribution < -0.4 is 10.1 Å². The highest BCUT2D eigenvalue weighted by molar-refractivity contribution is 6.30. The zero-order valence-electron chi connectivity index (χ0n) is 15.3. The molecule has 0 fully saturated rings. The number of amides is 1. The van der Waals surface area contributed by atoms with Gasteiger partial charge in [0.15, 0.2) is 0 Å². The summed E-state index contributed by atoms with van der Waals surface area (Å²) >= 11 is 5.99. The van der Waals surface area contributed by atoms with Crippen molar-refractivity contribution in [2.75, 3.05) is 0 Å². The molecule has 0 bridgehead atoms. The Kier molecular flexibility index (Phi) is 6.66. The first-order valence-electron chi connectivity index (χ1n) is 8.80. The van der Waals surface area contributed by atoms with Gasteiger partial charge in [-0.2, -0.15) is 0 Å². The van der Waals surface area contributed by atoms with Gasteiger partial charge in [0.2, 0.25) is 0 Å². The summed E-state index contributed by atoms with van der Waals surface area (Å²) in [7, 11) is 0. The van der Waals surface area contributed by atoms with Gasteiger partial charge in [-0.1, -0.05) is 60.1 Å². The van der Waals surface area contributed by atoms with E-state index in [2.05, 4.69) is 5.32 Å². The fourth-order valence-electron chi connectivity index (χ4n) is 2.61. The number of ether oxygens (including phenoxy) is 1. The van der Waals surface area contributed by atoms with Gasteiger partial charge in [-0.15, -0.1) is 0 Å². The second kappa shape index (κ2) is 9.57. The third-order valence-corrected chi connectivity index (χ3v) is 4.25. The number of hydrogen-bond acceptors (Lipinski definition) is 3. The number of halogens is 1. The van der Waals surface area contributed by atoms with Crippen molar-refractivity contribution in [3.63, 3.8) is 0 Å². The zero-order valence-corrected chi connectivity index (χ0v) is 16.1. The average molecular weight is 408 g/mol. The van der Waals surface area contributed by atoms with E-state index in [1.165, 1.54) is 6.08 Å². The molecule has 3 aromatic rings. The summed E-state index contributed by atoms with van der Waals surface area (Å²) in [6, 6.07) is 22.7. The van der Waals surface area contributed by atoms with Crippen LogP contribution in [-0.2, 0) is 11.4 Å². The third-order valence-electron chi connectivity index (χ3n) is 4.02. The molecule has 0 atom stereocenters. The van der Waals surface area contributed by atoms with Gasteiger partial charge in [-0.3, -0.25) is 4.79 Å². The molecule has 3 aromatic carbocycles. The number of hydrogen-bond donors (Lipinski definition) is 2. The SMILES string of the molecule is O=C(O)C(=Cc1ccccc1OCc1cccc(Cl)c1)NC(=O)c1ccccc1. The second-order valence-electron chi connectivity index (χ2n) is 6.14. The molecular formula is C23H18ClNO4. The molecule has 0 unspecified atom stereocenters. The van der Waals surface area contributed by atoms with Gasteiger partial charge in [0.1, 0.15) is 18.1 Å². The van der Waals surface area contributed by atoms with E-state index in [1.807, 2.05) is 12.1 Å². The fourth-order valence-corrected chi connectivity index (χ4v) is 2.82. The summed E-state index contributed by atoms with van der Waals surface area (Å²) in [5, 5.41) is 12.6. The molecule has 2 N–H and O–H groups in total. The molecule has 0 aliphatic carbocycles. The molecule has 3 rings (SSSR count). The predicted octanol–water partition coefficient (Wildman–Crippen LogP) is 4.77. The summed E-state index contributed by atoms with van der Waals surface area (Å²) in [4.78, 5) is 24.0. The van der Waals surface area contributed by atoms with Crippen molar-refractivity contribution in [2.45, 2.75) is 6.61 Å². The van der Waals surface area contributed by atoms with Crippen LogP contribution in [0.3, 0.4) is 0 Å². The lowest BCUT2D eigenvalue weighted by Crippen LogP contribution is -2.27. The molecule has 0 spiro atoms. The molecule has 29 heavy (non-hydrogen) atoms. The van der Waals surface area contributed by atoms with E-state index in [0.29, 0.717) is 21.9 Å². The molecular weight excluding hydrogens is 390 g/mol. The Balaban J connectivity index is 1.81. The molecule has 0 aliphatic heterocycles. The standard InChI is InChI=1S/C23H18ClNO4/c24-19-11-6-7-16(13-19)15-29-21-12-5-4-10-18(21)14-20(23(27)28)25-22(26)17-8-2-1-3-9-17/h1-14H,15H2,(H,25,26)(H,27,28). The Morgan fingerprint density at radius 3 is 2.41 bits per heavy atom. The lowest BCUT2D eigenvalue weighted by atomic mass is 10.1. The second-order valence-corrected chi connectivity index (χ2v) is 6.58. The highest BCUT2D eigenvalue weighted by Gasteiger charge is 2.14. The number of aliphatic carboxylic acids is 1. The first-order chi connectivity index (χ1) is 14.0. The number of carbonyl (C=O) groups excluding carboxylic acids is 1. The van der Waals surface area contributed by atoms with Crippen LogP contribution in [0.5, 0.6) is 5.75 Å². The fraction of sp³-hybridized carbons (Fsp3) is 0.0435. The number of carbonyl (C=O) groups is 2. The van der Waals surface area contributed by atoms with Crippen LogP contribution in [0.2, 0.25) is 5.02 Å². The Hall–Kier alpha value is -3.57. The minimum Gasteiger partial charge on any atom is -0.488 e. The minimum absolute atomic E-state index is 0.252. The van der Waals surface area contributed by atoms with Gasteiger partial charge in [-0.05, 0) is 42.0 Å². The molecule has 1 amide bonds. The molecule has 6 heteroatoms.